The van der Waals surface area contributed by atoms with E-state index in [-0.39, 0.29) is 22.9 Å². The van der Waals surface area contributed by atoms with Gasteiger partial charge in [0, 0.05) is 10.0 Å². The molecule has 0 saturated carbocycles. The normalized spacial score (nSPS) is 10.3. The van der Waals surface area contributed by atoms with Gasteiger partial charge in [0.2, 0.25) is 5.91 Å². The number of amides is 1. The molecular weight excluding hydrogens is 321 g/mol. The van der Waals surface area contributed by atoms with Gasteiger partial charge in [-0.25, -0.2) is 4.79 Å². The molecule has 1 aromatic carbocycles. The first-order valence-electron chi connectivity index (χ1n) is 5.52. The Hall–Kier alpha value is -1.56. The van der Waals surface area contributed by atoms with Gasteiger partial charge in [0.05, 0.1) is 12.1 Å². The van der Waals surface area contributed by atoms with Crippen LogP contribution < -0.4 is 5.32 Å². The molecule has 20 heavy (non-hydrogen) atoms. The zero-order valence-electron chi connectivity index (χ0n) is 10.0. The van der Waals surface area contributed by atoms with Crippen molar-refractivity contribution in [1.29, 1.82) is 0 Å². The Balaban J connectivity index is 2.14. The molecule has 0 aliphatic heterocycles. The van der Waals surface area contributed by atoms with Gasteiger partial charge in [-0.1, -0.05) is 29.3 Å². The summed E-state index contributed by atoms with van der Waals surface area (Å²) < 4.78 is 0. The maximum atomic E-state index is 11.9. The second-order valence-electron chi connectivity index (χ2n) is 3.89. The molecule has 2 aromatic rings. The Morgan fingerprint density at radius 3 is 2.45 bits per heavy atom. The summed E-state index contributed by atoms with van der Waals surface area (Å²) in [6, 6.07) is 6.51. The molecule has 0 radical (unpaired) electrons. The summed E-state index contributed by atoms with van der Waals surface area (Å²) in [7, 11) is 0. The summed E-state index contributed by atoms with van der Waals surface area (Å²) in [5, 5.41) is 13.9. The van der Waals surface area contributed by atoms with E-state index in [1.54, 1.807) is 29.6 Å². The Morgan fingerprint density at radius 2 is 1.85 bits per heavy atom. The van der Waals surface area contributed by atoms with Gasteiger partial charge in [0.25, 0.3) is 0 Å². The highest BCUT2D eigenvalue weighted by Gasteiger charge is 2.16. The zero-order chi connectivity index (χ0) is 14.7. The maximum Gasteiger partial charge on any atom is 0.348 e. The first-order chi connectivity index (χ1) is 9.49. The minimum absolute atomic E-state index is 0.0204. The fourth-order valence-corrected chi connectivity index (χ4v) is 2.85. The Kier molecular flexibility index (Phi) is 4.65. The number of rotatable bonds is 4. The molecule has 7 heteroatoms. The molecule has 0 saturated heterocycles. The molecule has 0 aliphatic carbocycles. The maximum absolute atomic E-state index is 11.9. The molecular formula is C13H9Cl2NO3S. The summed E-state index contributed by atoms with van der Waals surface area (Å²) in [4.78, 5) is 23.0. The van der Waals surface area contributed by atoms with Crippen LogP contribution in [0, 0.1) is 0 Å². The largest absolute Gasteiger partial charge is 0.477 e. The first-order valence-corrected chi connectivity index (χ1v) is 7.16. The molecule has 2 rings (SSSR count). The number of hydrogen-bond donors (Lipinski definition) is 2. The fourth-order valence-electron chi connectivity index (χ4n) is 1.63. The van der Waals surface area contributed by atoms with E-state index in [1.807, 2.05) is 0 Å². The summed E-state index contributed by atoms with van der Waals surface area (Å²) in [6.07, 6.45) is -0.0204. The molecule has 104 valence electrons. The number of carbonyl (C=O) groups excluding carboxylic acids is 1. The lowest BCUT2D eigenvalue weighted by Gasteiger charge is -2.07. The van der Waals surface area contributed by atoms with Crippen molar-refractivity contribution in [2.45, 2.75) is 6.42 Å². The number of nitrogens with one attached hydrogen (secondary N) is 1. The van der Waals surface area contributed by atoms with Gasteiger partial charge in [-0.2, -0.15) is 0 Å². The quantitative estimate of drug-likeness (QED) is 0.892. The number of hydrogen-bond acceptors (Lipinski definition) is 3. The second kappa shape index (κ2) is 6.26. The van der Waals surface area contributed by atoms with Crippen LogP contribution in [0.2, 0.25) is 10.0 Å². The van der Waals surface area contributed by atoms with E-state index in [4.69, 9.17) is 28.3 Å². The van der Waals surface area contributed by atoms with Crippen LogP contribution in [-0.2, 0) is 11.2 Å². The molecule has 4 nitrogen and oxygen atoms in total. The molecule has 0 fully saturated rings. The van der Waals surface area contributed by atoms with Crippen molar-refractivity contribution in [1.82, 2.24) is 0 Å². The monoisotopic (exact) mass is 329 g/mol. The van der Waals surface area contributed by atoms with Crippen LogP contribution in [0.25, 0.3) is 0 Å². The lowest BCUT2D eigenvalue weighted by Crippen LogP contribution is -2.16. The predicted molar refractivity (Wildman–Crippen MR) is 80.1 cm³/mol. The van der Waals surface area contributed by atoms with Crippen LogP contribution in [0.3, 0.4) is 0 Å². The van der Waals surface area contributed by atoms with Crippen LogP contribution in [0.5, 0.6) is 0 Å². The molecule has 0 spiro atoms. The average molecular weight is 330 g/mol. The first kappa shape index (κ1) is 14.8. The molecule has 0 aliphatic rings. The van der Waals surface area contributed by atoms with Crippen molar-refractivity contribution < 1.29 is 14.7 Å². The molecule has 1 heterocycles. The lowest BCUT2D eigenvalue weighted by atomic mass is 10.1. The van der Waals surface area contributed by atoms with Crippen LogP contribution >= 0.6 is 34.5 Å². The highest BCUT2D eigenvalue weighted by molar-refractivity contribution is 7.12. The highest BCUT2D eigenvalue weighted by Crippen LogP contribution is 2.26. The van der Waals surface area contributed by atoms with Gasteiger partial charge in [-0.3, -0.25) is 4.79 Å². The molecule has 2 N–H and O–H groups in total. The zero-order valence-corrected chi connectivity index (χ0v) is 12.4. The Labute approximate surface area is 128 Å². The highest BCUT2D eigenvalue weighted by atomic mass is 35.5. The number of thiophene rings is 1. The minimum atomic E-state index is -1.08. The van der Waals surface area contributed by atoms with Crippen molar-refractivity contribution in [2.24, 2.45) is 0 Å². The number of benzene rings is 1. The molecule has 1 aromatic heterocycles. The smallest absolute Gasteiger partial charge is 0.348 e. The van der Waals surface area contributed by atoms with Crippen molar-refractivity contribution in [3.63, 3.8) is 0 Å². The van der Waals surface area contributed by atoms with Gasteiger partial charge in [-0.05, 0) is 29.1 Å². The lowest BCUT2D eigenvalue weighted by molar-refractivity contribution is -0.115. The van der Waals surface area contributed by atoms with Crippen LogP contribution in [0.4, 0.5) is 5.69 Å². The number of anilines is 1. The number of carboxylic acids is 1. The molecule has 1 amide bonds. The topological polar surface area (TPSA) is 66.4 Å². The average Bonchev–Trinajstić information content (AvgIpc) is 2.82. The molecule has 0 atom stereocenters. The van der Waals surface area contributed by atoms with E-state index in [0.717, 1.165) is 11.3 Å². The second-order valence-corrected chi connectivity index (χ2v) is 5.62. The summed E-state index contributed by atoms with van der Waals surface area (Å²) in [5.74, 6) is -1.45. The number of halogens is 2. The van der Waals surface area contributed by atoms with E-state index in [1.165, 1.54) is 0 Å². The van der Waals surface area contributed by atoms with Crippen molar-refractivity contribution in [2.75, 3.05) is 5.32 Å². The SMILES string of the molecule is O=C(Cc1c(Cl)cccc1Cl)Nc1ccsc1C(=O)O. The minimum Gasteiger partial charge on any atom is -0.477 e. The number of aromatic carboxylic acids is 1. The van der Waals surface area contributed by atoms with Crippen molar-refractivity contribution in [3.8, 4) is 0 Å². The van der Waals surface area contributed by atoms with E-state index < -0.39 is 5.97 Å². The van der Waals surface area contributed by atoms with Gasteiger partial charge >= 0.3 is 5.97 Å². The Bertz CT molecular complexity index is 649. The van der Waals surface area contributed by atoms with Gasteiger partial charge in [0.15, 0.2) is 0 Å². The van der Waals surface area contributed by atoms with E-state index in [2.05, 4.69) is 5.32 Å². The summed E-state index contributed by atoms with van der Waals surface area (Å²) in [6.45, 7) is 0. The van der Waals surface area contributed by atoms with Gasteiger partial charge < -0.3 is 10.4 Å². The van der Waals surface area contributed by atoms with E-state index in [0.29, 0.717) is 15.6 Å². The van der Waals surface area contributed by atoms with Crippen molar-refractivity contribution >= 4 is 52.1 Å². The molecule has 0 unspecified atom stereocenters. The van der Waals surface area contributed by atoms with Gasteiger partial charge in [0.1, 0.15) is 4.88 Å². The van der Waals surface area contributed by atoms with E-state index in [9.17, 15) is 9.59 Å². The standard InChI is InChI=1S/C13H9Cl2NO3S/c14-8-2-1-3-9(15)7(8)6-11(17)16-10-4-5-20-12(10)13(18)19/h1-5H,6H2,(H,16,17)(H,18,19). The van der Waals surface area contributed by atoms with Gasteiger partial charge in [-0.15, -0.1) is 11.3 Å². The third kappa shape index (κ3) is 3.30. The third-order valence-electron chi connectivity index (χ3n) is 2.53. The Morgan fingerprint density at radius 1 is 1.20 bits per heavy atom. The predicted octanol–water partition coefficient (Wildman–Crippen LogP) is 3.93. The van der Waals surface area contributed by atoms with Crippen LogP contribution in [0.15, 0.2) is 29.6 Å². The van der Waals surface area contributed by atoms with Crippen LogP contribution in [-0.4, -0.2) is 17.0 Å². The third-order valence-corrected chi connectivity index (χ3v) is 4.14. The van der Waals surface area contributed by atoms with Crippen LogP contribution in [0.1, 0.15) is 15.2 Å². The van der Waals surface area contributed by atoms with Crippen molar-refractivity contribution in [3.05, 3.63) is 50.1 Å². The number of carbonyl (C=O) groups is 2. The fraction of sp³-hybridized carbons (Fsp3) is 0.0769. The molecule has 0 bridgehead atoms. The summed E-state index contributed by atoms with van der Waals surface area (Å²) >= 11 is 13.0. The van der Waals surface area contributed by atoms with E-state index >= 15 is 0 Å². The summed E-state index contributed by atoms with van der Waals surface area (Å²) in [5.41, 5.74) is 0.788. The number of carboxylic acid groups (broad SMARTS) is 1.